The van der Waals surface area contributed by atoms with Gasteiger partial charge in [-0.05, 0) is 12.0 Å². The molecular weight excluding hydrogens is 266 g/mol. The SMILES string of the molecule is COc1cccc(CNC(C)C)c1OCCOCC(C)C. The highest BCUT2D eigenvalue weighted by atomic mass is 16.5. The van der Waals surface area contributed by atoms with Gasteiger partial charge in [-0.15, -0.1) is 0 Å². The van der Waals surface area contributed by atoms with Crippen LogP contribution in [-0.4, -0.2) is 33.0 Å². The quantitative estimate of drug-likeness (QED) is 0.673. The van der Waals surface area contributed by atoms with Gasteiger partial charge in [0.25, 0.3) is 0 Å². The lowest BCUT2D eigenvalue weighted by molar-refractivity contribution is 0.0807. The minimum Gasteiger partial charge on any atom is -0.493 e. The third-order valence-electron chi connectivity index (χ3n) is 2.91. The van der Waals surface area contributed by atoms with Crippen molar-refractivity contribution >= 4 is 0 Å². The first kappa shape index (κ1) is 17.8. The summed E-state index contributed by atoms with van der Waals surface area (Å²) < 4.78 is 16.8. The number of rotatable bonds is 10. The van der Waals surface area contributed by atoms with Crippen LogP contribution in [0, 0.1) is 5.92 Å². The summed E-state index contributed by atoms with van der Waals surface area (Å²) >= 11 is 0. The topological polar surface area (TPSA) is 39.7 Å². The fraction of sp³-hybridized carbons (Fsp3) is 0.647. The maximum Gasteiger partial charge on any atom is 0.165 e. The van der Waals surface area contributed by atoms with Gasteiger partial charge in [-0.1, -0.05) is 39.8 Å². The fourth-order valence-electron chi connectivity index (χ4n) is 1.86. The molecule has 0 bridgehead atoms. The lowest BCUT2D eigenvalue weighted by Gasteiger charge is -2.17. The van der Waals surface area contributed by atoms with E-state index in [9.17, 15) is 0 Å². The Labute approximate surface area is 128 Å². The minimum atomic E-state index is 0.429. The van der Waals surface area contributed by atoms with Crippen molar-refractivity contribution in [3.05, 3.63) is 23.8 Å². The fourth-order valence-corrected chi connectivity index (χ4v) is 1.86. The summed E-state index contributed by atoms with van der Waals surface area (Å²) in [5, 5.41) is 3.40. The molecule has 1 N–H and O–H groups in total. The molecule has 0 fully saturated rings. The van der Waals surface area contributed by atoms with Gasteiger partial charge in [-0.2, -0.15) is 0 Å². The van der Waals surface area contributed by atoms with E-state index in [1.807, 2.05) is 12.1 Å². The number of hydrogen-bond acceptors (Lipinski definition) is 4. The normalized spacial score (nSPS) is 11.2. The van der Waals surface area contributed by atoms with Gasteiger partial charge < -0.3 is 19.5 Å². The van der Waals surface area contributed by atoms with Crippen molar-refractivity contribution in [3.8, 4) is 11.5 Å². The van der Waals surface area contributed by atoms with Crippen LogP contribution in [0.4, 0.5) is 0 Å². The zero-order valence-corrected chi connectivity index (χ0v) is 13.9. The Morgan fingerprint density at radius 1 is 1.10 bits per heavy atom. The van der Waals surface area contributed by atoms with Gasteiger partial charge in [0, 0.05) is 24.8 Å². The van der Waals surface area contributed by atoms with Crippen LogP contribution < -0.4 is 14.8 Å². The molecule has 0 aliphatic rings. The van der Waals surface area contributed by atoms with Crippen LogP contribution in [0.1, 0.15) is 33.3 Å². The van der Waals surface area contributed by atoms with E-state index in [0.717, 1.165) is 30.2 Å². The lowest BCUT2D eigenvalue weighted by atomic mass is 10.1. The van der Waals surface area contributed by atoms with Gasteiger partial charge in [0.2, 0.25) is 0 Å². The van der Waals surface area contributed by atoms with Crippen molar-refractivity contribution in [3.63, 3.8) is 0 Å². The monoisotopic (exact) mass is 295 g/mol. The second kappa shape index (κ2) is 9.64. The number of methoxy groups -OCH3 is 1. The maximum absolute atomic E-state index is 5.88. The Kier molecular flexibility index (Phi) is 8.16. The zero-order valence-electron chi connectivity index (χ0n) is 13.9. The summed E-state index contributed by atoms with van der Waals surface area (Å²) in [6.45, 7) is 11.2. The van der Waals surface area contributed by atoms with Crippen LogP contribution in [0.3, 0.4) is 0 Å². The van der Waals surface area contributed by atoms with E-state index >= 15 is 0 Å². The molecule has 0 saturated carbocycles. The molecule has 0 aliphatic carbocycles. The van der Waals surface area contributed by atoms with Crippen LogP contribution in [0.15, 0.2) is 18.2 Å². The van der Waals surface area contributed by atoms with Crippen LogP contribution in [-0.2, 0) is 11.3 Å². The van der Waals surface area contributed by atoms with E-state index in [0.29, 0.717) is 25.2 Å². The molecule has 0 aromatic heterocycles. The highest BCUT2D eigenvalue weighted by Crippen LogP contribution is 2.31. The summed E-state index contributed by atoms with van der Waals surface area (Å²) in [5.74, 6) is 2.12. The molecule has 0 atom stereocenters. The van der Waals surface area contributed by atoms with Gasteiger partial charge in [0.15, 0.2) is 11.5 Å². The summed E-state index contributed by atoms with van der Waals surface area (Å²) in [7, 11) is 1.66. The Balaban J connectivity index is 2.59. The van der Waals surface area contributed by atoms with Gasteiger partial charge in [-0.3, -0.25) is 0 Å². The van der Waals surface area contributed by atoms with E-state index in [2.05, 4.69) is 39.1 Å². The van der Waals surface area contributed by atoms with Crippen LogP contribution in [0.25, 0.3) is 0 Å². The molecular formula is C17H29NO3. The number of hydrogen-bond donors (Lipinski definition) is 1. The van der Waals surface area contributed by atoms with Crippen molar-refractivity contribution in [2.45, 2.75) is 40.3 Å². The minimum absolute atomic E-state index is 0.429. The largest absolute Gasteiger partial charge is 0.493 e. The molecule has 21 heavy (non-hydrogen) atoms. The van der Waals surface area contributed by atoms with E-state index in [4.69, 9.17) is 14.2 Å². The number of nitrogens with one attached hydrogen (secondary N) is 1. The van der Waals surface area contributed by atoms with Crippen LogP contribution >= 0.6 is 0 Å². The Hall–Kier alpha value is -1.26. The summed E-state index contributed by atoms with van der Waals surface area (Å²) in [6, 6.07) is 6.39. The second-order valence-corrected chi connectivity index (χ2v) is 5.80. The zero-order chi connectivity index (χ0) is 15.7. The second-order valence-electron chi connectivity index (χ2n) is 5.80. The van der Waals surface area contributed by atoms with Crippen molar-refractivity contribution in [1.29, 1.82) is 0 Å². The van der Waals surface area contributed by atoms with Crippen LogP contribution in [0.2, 0.25) is 0 Å². The molecule has 1 aromatic rings. The highest BCUT2D eigenvalue weighted by Gasteiger charge is 2.10. The molecule has 0 aliphatic heterocycles. The lowest BCUT2D eigenvalue weighted by Crippen LogP contribution is -2.22. The van der Waals surface area contributed by atoms with E-state index < -0.39 is 0 Å². The Morgan fingerprint density at radius 2 is 1.86 bits per heavy atom. The highest BCUT2D eigenvalue weighted by molar-refractivity contribution is 5.46. The van der Waals surface area contributed by atoms with Gasteiger partial charge in [0.05, 0.1) is 13.7 Å². The molecule has 120 valence electrons. The number of ether oxygens (including phenoxy) is 3. The molecule has 0 saturated heterocycles. The van der Waals surface area contributed by atoms with E-state index in [1.54, 1.807) is 7.11 Å². The summed E-state index contributed by atoms with van der Waals surface area (Å²) in [5.41, 5.74) is 1.10. The smallest absolute Gasteiger partial charge is 0.165 e. The van der Waals surface area contributed by atoms with Crippen molar-refractivity contribution in [2.75, 3.05) is 26.9 Å². The van der Waals surface area contributed by atoms with Gasteiger partial charge >= 0.3 is 0 Å². The van der Waals surface area contributed by atoms with Crippen molar-refractivity contribution < 1.29 is 14.2 Å². The van der Waals surface area contributed by atoms with Crippen LogP contribution in [0.5, 0.6) is 11.5 Å². The molecule has 1 rings (SSSR count). The summed E-state index contributed by atoms with van der Waals surface area (Å²) in [6.07, 6.45) is 0. The maximum atomic E-state index is 5.88. The standard InChI is InChI=1S/C17H29NO3/c1-13(2)12-20-9-10-21-17-15(11-18-14(3)4)7-6-8-16(17)19-5/h6-8,13-14,18H,9-12H2,1-5H3. The molecule has 0 heterocycles. The van der Waals surface area contributed by atoms with Crippen molar-refractivity contribution in [1.82, 2.24) is 5.32 Å². The van der Waals surface area contributed by atoms with E-state index in [1.165, 1.54) is 0 Å². The average Bonchev–Trinajstić information content (AvgIpc) is 2.44. The van der Waals surface area contributed by atoms with Crippen molar-refractivity contribution in [2.24, 2.45) is 5.92 Å². The molecule has 0 unspecified atom stereocenters. The summed E-state index contributed by atoms with van der Waals surface area (Å²) in [4.78, 5) is 0. The van der Waals surface area contributed by atoms with Gasteiger partial charge in [-0.25, -0.2) is 0 Å². The molecule has 1 aromatic carbocycles. The molecule has 0 spiro atoms. The molecule has 0 amide bonds. The molecule has 4 nitrogen and oxygen atoms in total. The average molecular weight is 295 g/mol. The Morgan fingerprint density at radius 3 is 2.48 bits per heavy atom. The molecule has 4 heteroatoms. The predicted molar refractivity (Wildman–Crippen MR) is 86.1 cm³/mol. The number of para-hydroxylation sites is 1. The number of benzene rings is 1. The van der Waals surface area contributed by atoms with Gasteiger partial charge in [0.1, 0.15) is 6.61 Å². The first-order valence-corrected chi connectivity index (χ1v) is 7.64. The van der Waals surface area contributed by atoms with E-state index in [-0.39, 0.29) is 0 Å². The Bertz CT molecular complexity index is 405. The predicted octanol–water partition coefficient (Wildman–Crippen LogP) is 3.24. The molecule has 0 radical (unpaired) electrons. The third kappa shape index (κ3) is 6.82. The first-order valence-electron chi connectivity index (χ1n) is 7.64. The third-order valence-corrected chi connectivity index (χ3v) is 2.91. The first-order chi connectivity index (χ1) is 10.0.